The van der Waals surface area contributed by atoms with Gasteiger partial charge in [0.05, 0.1) is 0 Å². The van der Waals surface area contributed by atoms with E-state index < -0.39 is 0 Å². The van der Waals surface area contributed by atoms with Gasteiger partial charge in [0, 0.05) is 27.1 Å². The summed E-state index contributed by atoms with van der Waals surface area (Å²) in [5, 5.41) is 25.6. The topological polar surface area (TPSA) is 40.5 Å². The molecule has 0 aromatic heterocycles. The molecule has 0 spiro atoms. The minimum atomic E-state index is 0.282. The van der Waals surface area contributed by atoms with Gasteiger partial charge in [-0.2, -0.15) is 11.8 Å². The van der Waals surface area contributed by atoms with Crippen molar-refractivity contribution in [3.63, 3.8) is 0 Å². The van der Waals surface area contributed by atoms with Crippen LogP contribution in [0.1, 0.15) is 182 Å². The molecule has 60 heavy (non-hydrogen) atoms. The third-order valence-corrected chi connectivity index (χ3v) is 14.0. The van der Waals surface area contributed by atoms with Crippen LogP contribution in [0.2, 0.25) is 0 Å². The molecule has 0 fully saturated rings. The highest BCUT2D eigenvalue weighted by atomic mass is 32.2. The molecule has 0 saturated carbocycles. The maximum atomic E-state index is 12.8. The number of thioether (sulfide) groups is 2. The number of hydrogen-bond donors (Lipinski definition) is 2. The first-order valence-corrected chi connectivity index (χ1v) is 25.0. The van der Waals surface area contributed by atoms with Gasteiger partial charge in [-0.05, 0) is 183 Å². The fourth-order valence-corrected chi connectivity index (χ4v) is 10.4. The van der Waals surface area contributed by atoms with Crippen LogP contribution < -0.4 is 0 Å². The summed E-state index contributed by atoms with van der Waals surface area (Å²) in [5.41, 5.74) is 19.0. The molecule has 0 aliphatic rings. The number of benzene rings is 5. The van der Waals surface area contributed by atoms with Crippen molar-refractivity contribution in [2.45, 2.75) is 157 Å². The molecule has 4 heteroatoms. The number of rotatable bonds is 16. The SMILES string of the molecule is CSCCCCSc1c(-c2cc(C)cc(-c3c(C(C)C)cc(C(C)C)cc3C(C)C)c2O)cc(C)cc1-c1cc(C)cc(-c2c(C(C)C)cc(C(C)C)cc2C(C)C)c1O. The standard InChI is InChI=1S/C56H74O2S2/c1-31(2)40-27-42(33(5)6)52(43(28-40)34(7)8)50-25-37(13)21-46(54(50)57)48-23-39(15)24-49(56(48)60-20-18-17-19-59-16)47-22-38(14)26-51(55(47)58)53-44(35(9)10)29-41(32(3)4)30-45(53)36(11)12/h21-36,57-58H,17-20H2,1-16H3. The van der Waals surface area contributed by atoms with Crippen molar-refractivity contribution in [3.8, 4) is 56.0 Å². The Balaban J connectivity index is 1.87. The van der Waals surface area contributed by atoms with E-state index in [1.165, 1.54) is 33.4 Å². The summed E-state index contributed by atoms with van der Waals surface area (Å²) in [6.45, 7) is 33.7. The first-order valence-electron chi connectivity index (χ1n) is 22.6. The average Bonchev–Trinajstić information content (AvgIpc) is 3.18. The van der Waals surface area contributed by atoms with E-state index >= 15 is 0 Å². The van der Waals surface area contributed by atoms with Crippen LogP contribution in [0, 0.1) is 20.8 Å². The molecule has 2 N–H and O–H groups in total. The average molecular weight is 843 g/mol. The molecule has 0 aliphatic carbocycles. The van der Waals surface area contributed by atoms with E-state index in [1.54, 1.807) is 0 Å². The Morgan fingerprint density at radius 1 is 0.400 bits per heavy atom. The van der Waals surface area contributed by atoms with E-state index in [0.29, 0.717) is 23.3 Å². The van der Waals surface area contributed by atoms with Crippen molar-refractivity contribution >= 4 is 23.5 Å². The van der Waals surface area contributed by atoms with Gasteiger partial charge in [0.2, 0.25) is 0 Å². The zero-order valence-electron chi connectivity index (χ0n) is 39.8. The van der Waals surface area contributed by atoms with Crippen molar-refractivity contribution in [2.24, 2.45) is 0 Å². The third kappa shape index (κ3) is 10.2. The summed E-state index contributed by atoms with van der Waals surface area (Å²) >= 11 is 3.76. The predicted octanol–water partition coefficient (Wildman–Crippen LogP) is 17.7. The minimum Gasteiger partial charge on any atom is -0.507 e. The van der Waals surface area contributed by atoms with Gasteiger partial charge in [-0.15, -0.1) is 11.8 Å². The molecule has 2 nitrogen and oxygen atoms in total. The maximum Gasteiger partial charge on any atom is 0.131 e. The zero-order chi connectivity index (χ0) is 44.3. The lowest BCUT2D eigenvalue weighted by Crippen LogP contribution is -2.04. The number of aromatic hydroxyl groups is 2. The van der Waals surface area contributed by atoms with E-state index in [1.807, 2.05) is 23.5 Å². The second-order valence-corrected chi connectivity index (χ2v) is 21.3. The van der Waals surface area contributed by atoms with Crippen LogP contribution in [-0.4, -0.2) is 28.0 Å². The number of aryl methyl sites for hydroxylation is 3. The van der Waals surface area contributed by atoms with Crippen LogP contribution in [0.25, 0.3) is 44.5 Å². The van der Waals surface area contributed by atoms with Gasteiger partial charge in [0.15, 0.2) is 0 Å². The zero-order valence-corrected chi connectivity index (χ0v) is 41.4. The van der Waals surface area contributed by atoms with Crippen LogP contribution >= 0.6 is 23.5 Å². The molecular formula is C56H74O2S2. The lowest BCUT2D eigenvalue weighted by atomic mass is 9.80. The largest absolute Gasteiger partial charge is 0.507 e. The van der Waals surface area contributed by atoms with Crippen LogP contribution in [-0.2, 0) is 0 Å². The van der Waals surface area contributed by atoms with Crippen molar-refractivity contribution in [1.82, 2.24) is 0 Å². The maximum absolute atomic E-state index is 12.8. The summed E-state index contributed by atoms with van der Waals surface area (Å²) in [5.74, 6) is 4.67. The minimum absolute atomic E-state index is 0.282. The normalized spacial score (nSPS) is 12.1. The quantitative estimate of drug-likeness (QED) is 0.0767. The number of phenolic OH excluding ortho intramolecular Hbond substituents is 2. The van der Waals surface area contributed by atoms with Gasteiger partial charge in [-0.1, -0.05) is 119 Å². The fraction of sp³-hybridized carbons (Fsp3) is 0.464. The molecular weight excluding hydrogens is 769 g/mol. The van der Waals surface area contributed by atoms with E-state index in [-0.39, 0.29) is 23.7 Å². The van der Waals surface area contributed by atoms with Crippen LogP contribution in [0.15, 0.2) is 65.6 Å². The van der Waals surface area contributed by atoms with Crippen molar-refractivity contribution in [2.75, 3.05) is 17.8 Å². The molecule has 0 atom stereocenters. The summed E-state index contributed by atoms with van der Waals surface area (Å²) < 4.78 is 0. The molecule has 5 rings (SSSR count). The Bertz CT molecular complexity index is 2100. The summed E-state index contributed by atoms with van der Waals surface area (Å²) in [6.07, 6.45) is 4.41. The number of unbranched alkanes of at least 4 members (excludes halogenated alkanes) is 1. The monoisotopic (exact) mass is 843 g/mol. The van der Waals surface area contributed by atoms with Crippen LogP contribution in [0.3, 0.4) is 0 Å². The van der Waals surface area contributed by atoms with Gasteiger partial charge in [0.1, 0.15) is 11.5 Å². The van der Waals surface area contributed by atoms with Gasteiger partial charge < -0.3 is 10.2 Å². The summed E-state index contributed by atoms with van der Waals surface area (Å²) in [7, 11) is 0. The Morgan fingerprint density at radius 2 is 0.700 bits per heavy atom. The molecule has 5 aromatic rings. The first-order chi connectivity index (χ1) is 28.3. The third-order valence-electron chi connectivity index (χ3n) is 12.1. The second-order valence-electron chi connectivity index (χ2n) is 19.2. The Kier molecular flexibility index (Phi) is 15.9. The first kappa shape index (κ1) is 47.4. The lowest BCUT2D eigenvalue weighted by molar-refractivity contribution is 0.478. The molecule has 0 unspecified atom stereocenters. The highest BCUT2D eigenvalue weighted by Gasteiger charge is 2.27. The Labute approximate surface area is 373 Å². The fourth-order valence-electron chi connectivity index (χ4n) is 8.73. The van der Waals surface area contributed by atoms with E-state index in [4.69, 9.17) is 0 Å². The van der Waals surface area contributed by atoms with Gasteiger partial charge in [-0.25, -0.2) is 0 Å². The highest BCUT2D eigenvalue weighted by Crippen LogP contribution is 2.52. The van der Waals surface area contributed by atoms with Gasteiger partial charge in [0.25, 0.3) is 0 Å². The smallest absolute Gasteiger partial charge is 0.131 e. The molecule has 5 aromatic carbocycles. The summed E-state index contributed by atoms with van der Waals surface area (Å²) in [6, 6.07) is 22.7. The number of phenols is 2. The Hall–Kier alpha value is -3.60. The Morgan fingerprint density at radius 3 is 1.00 bits per heavy atom. The second kappa shape index (κ2) is 20.1. The molecule has 0 radical (unpaired) electrons. The van der Waals surface area contributed by atoms with E-state index in [0.717, 1.165) is 90.4 Å². The van der Waals surface area contributed by atoms with Crippen molar-refractivity contribution in [3.05, 3.63) is 111 Å². The predicted molar refractivity (Wildman–Crippen MR) is 269 cm³/mol. The van der Waals surface area contributed by atoms with E-state index in [2.05, 4.69) is 171 Å². The lowest BCUT2D eigenvalue weighted by Gasteiger charge is -2.26. The summed E-state index contributed by atoms with van der Waals surface area (Å²) in [4.78, 5) is 1.11. The van der Waals surface area contributed by atoms with Crippen molar-refractivity contribution < 1.29 is 10.2 Å². The van der Waals surface area contributed by atoms with Crippen LogP contribution in [0.4, 0.5) is 0 Å². The molecule has 0 amide bonds. The molecule has 0 saturated heterocycles. The van der Waals surface area contributed by atoms with E-state index in [9.17, 15) is 10.2 Å². The number of hydrogen-bond acceptors (Lipinski definition) is 4. The molecule has 0 aliphatic heterocycles. The van der Waals surface area contributed by atoms with Gasteiger partial charge in [-0.3, -0.25) is 0 Å². The molecule has 0 heterocycles. The van der Waals surface area contributed by atoms with Gasteiger partial charge >= 0.3 is 0 Å². The molecule has 0 bridgehead atoms. The highest BCUT2D eigenvalue weighted by molar-refractivity contribution is 7.99. The molecule has 322 valence electrons. The van der Waals surface area contributed by atoms with Crippen LogP contribution in [0.5, 0.6) is 11.5 Å². The van der Waals surface area contributed by atoms with Crippen molar-refractivity contribution in [1.29, 1.82) is 0 Å².